The van der Waals surface area contributed by atoms with E-state index in [1.807, 2.05) is 18.2 Å². The van der Waals surface area contributed by atoms with Crippen molar-refractivity contribution in [3.05, 3.63) is 23.8 Å². The lowest BCUT2D eigenvalue weighted by Crippen LogP contribution is -2.47. The van der Waals surface area contributed by atoms with Crippen LogP contribution in [0.2, 0.25) is 0 Å². The second-order valence-electron chi connectivity index (χ2n) is 10.2. The maximum atomic E-state index is 12.5. The van der Waals surface area contributed by atoms with Gasteiger partial charge in [-0.25, -0.2) is 4.79 Å². The first-order chi connectivity index (χ1) is 16.3. The fraction of sp³-hybridized carbons (Fsp3) is 0.654. The molecule has 0 saturated carbocycles. The number of hydrogen-bond donors (Lipinski definition) is 3. The molecular formula is C26H40N2O7. The van der Waals surface area contributed by atoms with Gasteiger partial charge in [0.15, 0.2) is 18.1 Å². The minimum absolute atomic E-state index is 0.00467. The second kappa shape index (κ2) is 13.8. The Balaban J connectivity index is 3.14. The second-order valence-corrected chi connectivity index (χ2v) is 10.2. The number of carbonyl (C=O) groups excluding carboxylic acids is 1. The van der Waals surface area contributed by atoms with Crippen LogP contribution in [-0.2, 0) is 16.0 Å². The number of benzene rings is 1. The summed E-state index contributed by atoms with van der Waals surface area (Å²) in [7, 11) is 1.53. The molecule has 9 heteroatoms. The highest BCUT2D eigenvalue weighted by Gasteiger charge is 2.31. The van der Waals surface area contributed by atoms with Crippen molar-refractivity contribution < 1.29 is 34.0 Å². The molecule has 0 bridgehead atoms. The minimum Gasteiger partial charge on any atom is -0.493 e. The monoisotopic (exact) mass is 492 g/mol. The number of nitrogens with one attached hydrogen (secondary N) is 1. The Morgan fingerprint density at radius 3 is 2.31 bits per heavy atom. The smallest absolute Gasteiger partial charge is 0.407 e. The largest absolute Gasteiger partial charge is 0.493 e. The van der Waals surface area contributed by atoms with Crippen LogP contribution in [0.5, 0.6) is 11.5 Å². The van der Waals surface area contributed by atoms with Gasteiger partial charge >= 0.3 is 12.1 Å². The zero-order valence-corrected chi connectivity index (χ0v) is 21.8. The highest BCUT2D eigenvalue weighted by molar-refractivity contribution is 5.70. The van der Waals surface area contributed by atoms with Crippen LogP contribution in [-0.4, -0.2) is 53.7 Å². The molecule has 3 N–H and O–H groups in total. The number of amides is 1. The van der Waals surface area contributed by atoms with Crippen LogP contribution < -0.4 is 14.8 Å². The molecule has 0 spiro atoms. The molecule has 0 fully saturated rings. The van der Waals surface area contributed by atoms with Crippen molar-refractivity contribution in [3.63, 3.8) is 0 Å². The first-order valence-electron chi connectivity index (χ1n) is 11.8. The van der Waals surface area contributed by atoms with E-state index in [4.69, 9.17) is 19.5 Å². The Hall–Kier alpha value is -2.99. The Morgan fingerprint density at radius 2 is 1.80 bits per heavy atom. The van der Waals surface area contributed by atoms with Crippen molar-refractivity contribution in [1.29, 1.82) is 5.26 Å². The third-order valence-corrected chi connectivity index (χ3v) is 5.70. The molecule has 0 heterocycles. The summed E-state index contributed by atoms with van der Waals surface area (Å²) < 4.78 is 16.2. The quantitative estimate of drug-likeness (QED) is 0.373. The fourth-order valence-electron chi connectivity index (χ4n) is 3.69. The SMILES string of the molecule is COc1ccc(C[C@@H](C[C@H](NC(=O)OC(C)(C)C)[C@@H](O)C[C@@H](C)C(=O)O)C(C)C)cc1OCC#N. The summed E-state index contributed by atoms with van der Waals surface area (Å²) in [4.78, 5) is 23.8. The number of rotatable bonds is 13. The van der Waals surface area contributed by atoms with Crippen LogP contribution in [0.25, 0.3) is 0 Å². The van der Waals surface area contributed by atoms with Crippen LogP contribution in [0.1, 0.15) is 59.9 Å². The highest BCUT2D eigenvalue weighted by Crippen LogP contribution is 2.31. The van der Waals surface area contributed by atoms with Gasteiger partial charge in [-0.2, -0.15) is 5.26 Å². The summed E-state index contributed by atoms with van der Waals surface area (Å²) in [6, 6.07) is 6.75. The molecule has 1 aromatic carbocycles. The number of hydrogen-bond acceptors (Lipinski definition) is 7. The molecule has 0 aliphatic rings. The topological polar surface area (TPSA) is 138 Å². The van der Waals surface area contributed by atoms with E-state index in [1.54, 1.807) is 26.8 Å². The van der Waals surface area contributed by atoms with Gasteiger partial charge in [0.25, 0.3) is 0 Å². The van der Waals surface area contributed by atoms with Gasteiger partial charge in [0.2, 0.25) is 0 Å². The molecule has 196 valence electrons. The van der Waals surface area contributed by atoms with E-state index >= 15 is 0 Å². The molecule has 9 nitrogen and oxygen atoms in total. The van der Waals surface area contributed by atoms with Gasteiger partial charge in [0.1, 0.15) is 11.7 Å². The molecule has 0 radical (unpaired) electrons. The van der Waals surface area contributed by atoms with E-state index < -0.39 is 35.7 Å². The normalized spacial score (nSPS) is 14.9. The molecule has 0 saturated heterocycles. The van der Waals surface area contributed by atoms with Gasteiger partial charge in [0.05, 0.1) is 25.2 Å². The van der Waals surface area contributed by atoms with Crippen molar-refractivity contribution in [2.45, 2.75) is 78.6 Å². The molecule has 4 atom stereocenters. The predicted octanol–water partition coefficient (Wildman–Crippen LogP) is 4.17. The molecule has 0 aliphatic heterocycles. The number of carbonyl (C=O) groups is 2. The van der Waals surface area contributed by atoms with E-state index in [2.05, 4.69) is 19.2 Å². The lowest BCUT2D eigenvalue weighted by Gasteiger charge is -2.32. The number of carboxylic acids is 1. The number of nitriles is 1. The Bertz CT molecular complexity index is 873. The number of carboxylic acid groups (broad SMARTS) is 1. The third-order valence-electron chi connectivity index (χ3n) is 5.70. The minimum atomic E-state index is -1.07. The van der Waals surface area contributed by atoms with Crippen LogP contribution in [0.3, 0.4) is 0 Å². The fourth-order valence-corrected chi connectivity index (χ4v) is 3.69. The van der Waals surface area contributed by atoms with Crippen molar-refractivity contribution in [2.24, 2.45) is 17.8 Å². The van der Waals surface area contributed by atoms with E-state index in [1.165, 1.54) is 14.0 Å². The molecule has 1 amide bonds. The van der Waals surface area contributed by atoms with Gasteiger partial charge in [0, 0.05) is 0 Å². The maximum absolute atomic E-state index is 12.5. The molecule has 1 rings (SSSR count). The number of aliphatic carboxylic acids is 1. The maximum Gasteiger partial charge on any atom is 0.407 e. The number of aliphatic hydroxyl groups is 1. The van der Waals surface area contributed by atoms with E-state index in [0.717, 1.165) is 5.56 Å². The summed E-state index contributed by atoms with van der Waals surface area (Å²) in [6.45, 7) is 10.8. The Kier molecular flexibility index (Phi) is 11.8. The molecule has 0 unspecified atom stereocenters. The lowest BCUT2D eigenvalue weighted by molar-refractivity contribution is -0.142. The number of alkyl carbamates (subject to hydrolysis) is 1. The number of nitrogens with zero attached hydrogens (tertiary/aromatic N) is 1. The average Bonchev–Trinajstić information content (AvgIpc) is 2.75. The third kappa shape index (κ3) is 10.9. The van der Waals surface area contributed by atoms with Crippen LogP contribution >= 0.6 is 0 Å². The Labute approximate surface area is 208 Å². The molecule has 0 aliphatic carbocycles. The van der Waals surface area contributed by atoms with E-state index in [0.29, 0.717) is 24.3 Å². The average molecular weight is 493 g/mol. The summed E-state index contributed by atoms with van der Waals surface area (Å²) in [6.07, 6.45) is -0.720. The standard InChI is InChI=1S/C26H40N2O7/c1-16(2)19(13-18-8-9-22(33-7)23(14-18)34-11-10-27)15-20(21(29)12-17(3)24(30)31)28-25(32)35-26(4,5)6/h8-9,14,16-17,19-21,29H,11-13,15H2,1-7H3,(H,28,32)(H,30,31)/t17-,19+,20+,21+/m1/s1. The number of methoxy groups -OCH3 is 1. The van der Waals surface area contributed by atoms with E-state index in [9.17, 15) is 19.8 Å². The van der Waals surface area contributed by atoms with Crippen LogP contribution in [0, 0.1) is 29.1 Å². The van der Waals surface area contributed by atoms with Crippen molar-refractivity contribution in [2.75, 3.05) is 13.7 Å². The summed E-state index contributed by atoms with van der Waals surface area (Å²) in [5, 5.41) is 31.8. The van der Waals surface area contributed by atoms with Gasteiger partial charge in [-0.1, -0.05) is 26.8 Å². The number of aliphatic hydroxyl groups excluding tert-OH is 1. The van der Waals surface area contributed by atoms with Gasteiger partial charge in [-0.05, 0) is 69.6 Å². The van der Waals surface area contributed by atoms with Gasteiger partial charge < -0.3 is 29.7 Å². The van der Waals surface area contributed by atoms with Crippen molar-refractivity contribution in [3.8, 4) is 17.6 Å². The van der Waals surface area contributed by atoms with Crippen molar-refractivity contribution in [1.82, 2.24) is 5.32 Å². The van der Waals surface area contributed by atoms with Crippen LogP contribution in [0.15, 0.2) is 18.2 Å². The lowest BCUT2D eigenvalue weighted by atomic mass is 9.82. The molecule has 0 aromatic heterocycles. The molecule has 1 aromatic rings. The van der Waals surface area contributed by atoms with Crippen molar-refractivity contribution >= 4 is 12.1 Å². The number of ether oxygens (including phenoxy) is 3. The van der Waals surface area contributed by atoms with Gasteiger partial charge in [-0.15, -0.1) is 0 Å². The molecular weight excluding hydrogens is 452 g/mol. The molecule has 35 heavy (non-hydrogen) atoms. The first-order valence-corrected chi connectivity index (χ1v) is 11.8. The zero-order chi connectivity index (χ0) is 26.8. The summed E-state index contributed by atoms with van der Waals surface area (Å²) in [5.74, 6) is -0.578. The van der Waals surface area contributed by atoms with E-state index in [-0.39, 0.29) is 24.9 Å². The zero-order valence-electron chi connectivity index (χ0n) is 21.8. The predicted molar refractivity (Wildman–Crippen MR) is 131 cm³/mol. The highest BCUT2D eigenvalue weighted by atomic mass is 16.6. The summed E-state index contributed by atoms with van der Waals surface area (Å²) in [5.41, 5.74) is 0.232. The Morgan fingerprint density at radius 1 is 1.14 bits per heavy atom. The first kappa shape index (κ1) is 30.0. The van der Waals surface area contributed by atoms with Gasteiger partial charge in [-0.3, -0.25) is 4.79 Å². The van der Waals surface area contributed by atoms with Crippen LogP contribution in [0.4, 0.5) is 4.79 Å². The summed E-state index contributed by atoms with van der Waals surface area (Å²) >= 11 is 0.